The molecule has 4 aromatic rings. The highest BCUT2D eigenvalue weighted by Crippen LogP contribution is 2.46. The summed E-state index contributed by atoms with van der Waals surface area (Å²) < 4.78 is 82.0. The van der Waals surface area contributed by atoms with E-state index >= 15 is 0 Å². The summed E-state index contributed by atoms with van der Waals surface area (Å²) in [6.07, 6.45) is -4.64. The Morgan fingerprint density at radius 3 is 2.23 bits per heavy atom. The standard InChI is InChI=1S/C30H28ClF6N5O/c1-41-25(7-11-39-41)28(43,20-6-10-38-24(15-20)30(35,36)37)19-4-5-23-21(14-19)26(31)22(27(40-23)17-2-3-17)16-42-12-8-18(9-13-42)29(32,33)34/h4-7,10-11,14-15,17-18,43H,2-3,8-9,12-13,16H2,1H3. The Kier molecular flexibility index (Phi) is 7.45. The second kappa shape index (κ2) is 10.7. The van der Waals surface area contributed by atoms with Gasteiger partial charge in [-0.2, -0.15) is 31.4 Å². The van der Waals surface area contributed by atoms with Gasteiger partial charge in [0.2, 0.25) is 0 Å². The van der Waals surface area contributed by atoms with Crippen molar-refractivity contribution in [2.45, 2.75) is 56.1 Å². The number of aliphatic hydroxyl groups is 1. The van der Waals surface area contributed by atoms with E-state index in [-0.39, 0.29) is 48.7 Å². The zero-order valence-electron chi connectivity index (χ0n) is 23.1. The molecule has 0 radical (unpaired) electrons. The van der Waals surface area contributed by atoms with Gasteiger partial charge in [0.25, 0.3) is 0 Å². The zero-order valence-corrected chi connectivity index (χ0v) is 23.8. The first-order chi connectivity index (χ1) is 20.3. The molecular weight excluding hydrogens is 596 g/mol. The van der Waals surface area contributed by atoms with Crippen LogP contribution in [0.4, 0.5) is 26.3 Å². The summed E-state index contributed by atoms with van der Waals surface area (Å²) in [7, 11) is 1.57. The molecule has 2 fully saturated rings. The van der Waals surface area contributed by atoms with Crippen molar-refractivity contribution in [3.05, 3.63) is 87.6 Å². The fourth-order valence-electron chi connectivity index (χ4n) is 6.00. The third-order valence-electron chi connectivity index (χ3n) is 8.52. The van der Waals surface area contributed by atoms with Gasteiger partial charge in [0.15, 0.2) is 5.60 Å². The molecule has 1 unspecified atom stereocenters. The highest BCUT2D eigenvalue weighted by atomic mass is 35.5. The topological polar surface area (TPSA) is 67.1 Å². The smallest absolute Gasteiger partial charge is 0.374 e. The summed E-state index contributed by atoms with van der Waals surface area (Å²) in [4.78, 5) is 10.3. The lowest BCUT2D eigenvalue weighted by atomic mass is 9.82. The lowest BCUT2D eigenvalue weighted by Crippen LogP contribution is -2.38. The van der Waals surface area contributed by atoms with E-state index in [0.717, 1.165) is 36.4 Å². The van der Waals surface area contributed by atoms with Gasteiger partial charge in [0, 0.05) is 42.9 Å². The maximum Gasteiger partial charge on any atom is 0.433 e. The van der Waals surface area contributed by atoms with Gasteiger partial charge in [-0.1, -0.05) is 17.7 Å². The predicted octanol–water partition coefficient (Wildman–Crippen LogP) is 6.97. The van der Waals surface area contributed by atoms with Crippen LogP contribution in [0.2, 0.25) is 5.02 Å². The number of rotatable bonds is 6. The predicted molar refractivity (Wildman–Crippen MR) is 147 cm³/mol. The molecule has 1 aliphatic heterocycles. The number of likely N-dealkylation sites (tertiary alicyclic amines) is 1. The van der Waals surface area contributed by atoms with Crippen LogP contribution in [-0.2, 0) is 25.4 Å². The minimum atomic E-state index is -4.73. The second-order valence-corrected chi connectivity index (χ2v) is 11.7. The second-order valence-electron chi connectivity index (χ2n) is 11.4. The molecule has 3 aromatic heterocycles. The molecule has 13 heteroatoms. The van der Waals surface area contributed by atoms with Crippen LogP contribution in [0.15, 0.2) is 48.8 Å². The van der Waals surface area contributed by atoms with E-state index < -0.39 is 29.6 Å². The molecule has 0 spiro atoms. The Bertz CT molecular complexity index is 1660. The van der Waals surface area contributed by atoms with Crippen molar-refractivity contribution in [2.75, 3.05) is 13.1 Å². The molecule has 0 amide bonds. The number of nitrogens with zero attached hydrogens (tertiary/aromatic N) is 5. The summed E-state index contributed by atoms with van der Waals surface area (Å²) >= 11 is 7.04. The van der Waals surface area contributed by atoms with Crippen molar-refractivity contribution in [1.82, 2.24) is 24.6 Å². The molecule has 1 atom stereocenters. The number of alkyl halides is 6. The number of halogens is 7. The van der Waals surface area contributed by atoms with Gasteiger partial charge >= 0.3 is 12.4 Å². The van der Waals surface area contributed by atoms with Crippen LogP contribution < -0.4 is 0 Å². The van der Waals surface area contributed by atoms with Crippen LogP contribution in [0.1, 0.15) is 65.4 Å². The number of hydrogen-bond acceptors (Lipinski definition) is 5. The van der Waals surface area contributed by atoms with Crippen LogP contribution in [0.25, 0.3) is 10.9 Å². The maximum atomic E-state index is 13.6. The van der Waals surface area contributed by atoms with Crippen molar-refractivity contribution in [3.63, 3.8) is 0 Å². The van der Waals surface area contributed by atoms with E-state index in [1.807, 2.05) is 4.90 Å². The first kappa shape index (κ1) is 29.8. The largest absolute Gasteiger partial charge is 0.433 e. The summed E-state index contributed by atoms with van der Waals surface area (Å²) in [5, 5.41) is 17.3. The molecule has 1 aromatic carbocycles. The zero-order chi connectivity index (χ0) is 30.7. The van der Waals surface area contributed by atoms with Crippen LogP contribution in [0.3, 0.4) is 0 Å². The summed E-state index contributed by atoms with van der Waals surface area (Å²) in [6.45, 7) is 0.868. The molecule has 0 bridgehead atoms. The van der Waals surface area contributed by atoms with E-state index in [2.05, 4.69) is 10.1 Å². The van der Waals surface area contributed by atoms with E-state index in [1.165, 1.54) is 23.0 Å². The normalized spacial score (nSPS) is 18.7. The third-order valence-corrected chi connectivity index (χ3v) is 8.95. The van der Waals surface area contributed by atoms with Gasteiger partial charge in [-0.15, -0.1) is 0 Å². The lowest BCUT2D eigenvalue weighted by Gasteiger charge is -2.33. The number of aromatic nitrogens is 4. The molecule has 1 aliphatic carbocycles. The number of hydrogen-bond donors (Lipinski definition) is 1. The quantitative estimate of drug-likeness (QED) is 0.235. The van der Waals surface area contributed by atoms with Crippen LogP contribution in [0.5, 0.6) is 0 Å². The monoisotopic (exact) mass is 623 g/mol. The van der Waals surface area contributed by atoms with E-state index in [9.17, 15) is 31.4 Å². The van der Waals surface area contributed by atoms with Crippen molar-refractivity contribution < 1.29 is 31.4 Å². The SMILES string of the molecule is Cn1nccc1C(O)(c1ccnc(C(F)(F)F)c1)c1ccc2nc(C3CC3)c(CN3CCC(C(F)(F)F)CC3)c(Cl)c2c1. The molecule has 1 saturated heterocycles. The van der Waals surface area contributed by atoms with E-state index in [1.54, 1.807) is 25.2 Å². The highest BCUT2D eigenvalue weighted by molar-refractivity contribution is 6.36. The Balaban J connectivity index is 1.45. The minimum absolute atomic E-state index is 0.00855. The Hall–Kier alpha value is -3.22. The lowest BCUT2D eigenvalue weighted by molar-refractivity contribution is -0.185. The minimum Gasteiger partial charge on any atom is -0.374 e. The highest BCUT2D eigenvalue weighted by Gasteiger charge is 2.42. The average molecular weight is 624 g/mol. The molecule has 1 saturated carbocycles. The number of piperidine rings is 1. The van der Waals surface area contributed by atoms with Crippen molar-refractivity contribution in [2.24, 2.45) is 13.0 Å². The third kappa shape index (κ3) is 5.60. The fourth-order valence-corrected chi connectivity index (χ4v) is 6.30. The summed E-state index contributed by atoms with van der Waals surface area (Å²) in [5.41, 5.74) is -0.740. The Morgan fingerprint density at radius 2 is 1.63 bits per heavy atom. The molecule has 1 N–H and O–H groups in total. The Morgan fingerprint density at radius 1 is 0.930 bits per heavy atom. The molecule has 6 rings (SSSR count). The van der Waals surface area contributed by atoms with Crippen LogP contribution in [0, 0.1) is 5.92 Å². The first-order valence-corrected chi connectivity index (χ1v) is 14.3. The molecule has 43 heavy (non-hydrogen) atoms. The maximum absolute atomic E-state index is 13.6. The van der Waals surface area contributed by atoms with Gasteiger partial charge in [-0.3, -0.25) is 19.5 Å². The molecule has 4 heterocycles. The summed E-state index contributed by atoms with van der Waals surface area (Å²) in [6, 6.07) is 8.53. The van der Waals surface area contributed by atoms with Crippen molar-refractivity contribution in [3.8, 4) is 0 Å². The van der Waals surface area contributed by atoms with Crippen LogP contribution in [-0.4, -0.2) is 49.0 Å². The van der Waals surface area contributed by atoms with Gasteiger partial charge < -0.3 is 5.11 Å². The Labute approximate surface area is 248 Å². The molecule has 6 nitrogen and oxygen atoms in total. The number of pyridine rings is 2. The van der Waals surface area contributed by atoms with Gasteiger partial charge in [-0.05, 0) is 80.2 Å². The number of fused-ring (bicyclic) bond motifs is 1. The molecular formula is C30H28ClF6N5O. The summed E-state index contributed by atoms with van der Waals surface area (Å²) in [5.74, 6) is -1.12. The number of benzene rings is 1. The van der Waals surface area contributed by atoms with Gasteiger partial charge in [0.1, 0.15) is 5.69 Å². The van der Waals surface area contributed by atoms with E-state index in [0.29, 0.717) is 22.5 Å². The van der Waals surface area contributed by atoms with Crippen molar-refractivity contribution >= 4 is 22.5 Å². The van der Waals surface area contributed by atoms with Crippen LogP contribution >= 0.6 is 11.6 Å². The molecule has 2 aliphatic rings. The van der Waals surface area contributed by atoms with E-state index in [4.69, 9.17) is 16.6 Å². The average Bonchev–Trinajstić information content (AvgIpc) is 3.72. The van der Waals surface area contributed by atoms with Gasteiger partial charge in [0.05, 0.1) is 27.8 Å². The fraction of sp³-hybridized carbons (Fsp3) is 0.433. The number of aryl methyl sites for hydroxylation is 1. The first-order valence-electron chi connectivity index (χ1n) is 13.9. The molecule has 228 valence electrons. The van der Waals surface area contributed by atoms with Crippen molar-refractivity contribution in [1.29, 1.82) is 0 Å². The van der Waals surface area contributed by atoms with Gasteiger partial charge in [-0.25, -0.2) is 0 Å².